The number of hydrogen-bond acceptors (Lipinski definition) is 3. The van der Waals surface area contributed by atoms with E-state index in [4.69, 9.17) is 9.97 Å². The number of aromatic nitrogens is 4. The molecular formula is C21H17FN4. The SMILES string of the molecule is CC1(C)Cc2c(cnn2-c2ccc(F)cc2)-c2nc3ccccc3nc21. The van der Waals surface area contributed by atoms with Gasteiger partial charge in [-0.25, -0.2) is 19.0 Å². The molecular weight excluding hydrogens is 327 g/mol. The molecule has 0 radical (unpaired) electrons. The van der Waals surface area contributed by atoms with E-state index in [0.29, 0.717) is 0 Å². The van der Waals surface area contributed by atoms with Gasteiger partial charge in [-0.05, 0) is 36.4 Å². The number of fused-ring (bicyclic) bond motifs is 4. The van der Waals surface area contributed by atoms with Gasteiger partial charge in [0.25, 0.3) is 0 Å². The largest absolute Gasteiger partial charge is 0.248 e. The molecule has 0 bridgehead atoms. The first-order valence-corrected chi connectivity index (χ1v) is 8.63. The maximum atomic E-state index is 13.3. The Balaban J connectivity index is 1.76. The smallest absolute Gasteiger partial charge is 0.123 e. The lowest BCUT2D eigenvalue weighted by Crippen LogP contribution is -2.29. The van der Waals surface area contributed by atoms with Crippen LogP contribution in [0.1, 0.15) is 25.2 Å². The predicted molar refractivity (Wildman–Crippen MR) is 98.8 cm³/mol. The van der Waals surface area contributed by atoms with Gasteiger partial charge in [0.15, 0.2) is 0 Å². The van der Waals surface area contributed by atoms with Crippen LogP contribution in [-0.4, -0.2) is 19.7 Å². The van der Waals surface area contributed by atoms with Gasteiger partial charge in [-0.2, -0.15) is 5.10 Å². The molecule has 2 heterocycles. The molecule has 0 saturated heterocycles. The molecule has 0 spiro atoms. The molecule has 128 valence electrons. The Morgan fingerprint density at radius 1 is 0.962 bits per heavy atom. The summed E-state index contributed by atoms with van der Waals surface area (Å²) in [5.41, 5.74) is 6.45. The molecule has 0 fully saturated rings. The number of hydrogen-bond donors (Lipinski definition) is 0. The Kier molecular flexibility index (Phi) is 3.04. The number of para-hydroxylation sites is 2. The van der Waals surface area contributed by atoms with Crippen molar-refractivity contribution in [1.82, 2.24) is 19.7 Å². The van der Waals surface area contributed by atoms with E-state index in [1.54, 1.807) is 12.1 Å². The third-order valence-corrected chi connectivity index (χ3v) is 5.02. The minimum atomic E-state index is -0.252. The Bertz CT molecular complexity index is 1140. The number of rotatable bonds is 1. The lowest BCUT2D eigenvalue weighted by molar-refractivity contribution is 0.486. The lowest BCUT2D eigenvalue weighted by Gasteiger charge is -2.31. The summed E-state index contributed by atoms with van der Waals surface area (Å²) in [5, 5.41) is 4.57. The van der Waals surface area contributed by atoms with Gasteiger partial charge in [-0.1, -0.05) is 26.0 Å². The van der Waals surface area contributed by atoms with Crippen molar-refractivity contribution in [3.63, 3.8) is 0 Å². The van der Waals surface area contributed by atoms with Crippen LogP contribution in [-0.2, 0) is 11.8 Å². The highest BCUT2D eigenvalue weighted by molar-refractivity contribution is 5.80. The van der Waals surface area contributed by atoms with Crippen LogP contribution in [0, 0.1) is 5.82 Å². The standard InChI is InChI=1S/C21H17FN4/c1-21(2)11-18-15(12-23-26(18)14-9-7-13(22)8-10-14)19-20(21)25-17-6-4-3-5-16(17)24-19/h3-10,12H,11H2,1-2H3. The third kappa shape index (κ3) is 2.17. The molecule has 1 aliphatic rings. The first-order valence-electron chi connectivity index (χ1n) is 8.63. The van der Waals surface area contributed by atoms with Gasteiger partial charge in [-0.15, -0.1) is 0 Å². The number of nitrogens with zero attached hydrogens (tertiary/aromatic N) is 4. The minimum absolute atomic E-state index is 0.169. The highest BCUT2D eigenvalue weighted by Crippen LogP contribution is 2.42. The summed E-state index contributed by atoms with van der Waals surface area (Å²) >= 11 is 0. The highest BCUT2D eigenvalue weighted by Gasteiger charge is 2.36. The van der Waals surface area contributed by atoms with Gasteiger partial charge in [-0.3, -0.25) is 0 Å². The average molecular weight is 344 g/mol. The van der Waals surface area contributed by atoms with Gasteiger partial charge >= 0.3 is 0 Å². The van der Waals surface area contributed by atoms with Gasteiger partial charge < -0.3 is 0 Å². The Labute approximate surface area is 150 Å². The predicted octanol–water partition coefficient (Wildman–Crippen LogP) is 4.46. The summed E-state index contributed by atoms with van der Waals surface area (Å²) in [6.45, 7) is 4.36. The monoisotopic (exact) mass is 344 g/mol. The highest BCUT2D eigenvalue weighted by atomic mass is 19.1. The molecule has 0 saturated carbocycles. The maximum absolute atomic E-state index is 13.3. The van der Waals surface area contributed by atoms with Crippen molar-refractivity contribution in [1.29, 1.82) is 0 Å². The topological polar surface area (TPSA) is 43.6 Å². The molecule has 0 N–H and O–H groups in total. The second kappa shape index (κ2) is 5.21. The zero-order chi connectivity index (χ0) is 17.9. The summed E-state index contributed by atoms with van der Waals surface area (Å²) in [5.74, 6) is -0.252. The molecule has 5 rings (SSSR count). The van der Waals surface area contributed by atoms with Crippen LogP contribution in [0.5, 0.6) is 0 Å². The van der Waals surface area contributed by atoms with E-state index in [9.17, 15) is 4.39 Å². The Morgan fingerprint density at radius 3 is 2.38 bits per heavy atom. The zero-order valence-electron chi connectivity index (χ0n) is 14.6. The number of halogens is 1. The summed E-state index contributed by atoms with van der Waals surface area (Å²) in [6, 6.07) is 14.3. The molecule has 0 amide bonds. The summed E-state index contributed by atoms with van der Waals surface area (Å²) in [4.78, 5) is 9.81. The van der Waals surface area contributed by atoms with Gasteiger partial charge in [0.1, 0.15) is 5.82 Å². The fraction of sp³-hybridized carbons (Fsp3) is 0.190. The van der Waals surface area contributed by atoms with Crippen molar-refractivity contribution in [2.24, 2.45) is 0 Å². The molecule has 0 aliphatic heterocycles. The zero-order valence-corrected chi connectivity index (χ0v) is 14.6. The van der Waals surface area contributed by atoms with Crippen molar-refractivity contribution in [3.8, 4) is 16.9 Å². The van der Waals surface area contributed by atoms with E-state index >= 15 is 0 Å². The van der Waals surface area contributed by atoms with Gasteiger partial charge in [0, 0.05) is 17.4 Å². The van der Waals surface area contributed by atoms with E-state index < -0.39 is 0 Å². The molecule has 2 aromatic heterocycles. The van der Waals surface area contributed by atoms with Crippen molar-refractivity contribution >= 4 is 11.0 Å². The van der Waals surface area contributed by atoms with Crippen LogP contribution in [0.3, 0.4) is 0 Å². The molecule has 4 aromatic rings. The van der Waals surface area contributed by atoms with Gasteiger partial charge in [0.2, 0.25) is 0 Å². The van der Waals surface area contributed by atoms with Crippen LogP contribution in [0.2, 0.25) is 0 Å². The van der Waals surface area contributed by atoms with Crippen LogP contribution in [0.15, 0.2) is 54.7 Å². The van der Waals surface area contributed by atoms with Crippen LogP contribution in [0.25, 0.3) is 28.0 Å². The summed E-state index contributed by atoms with van der Waals surface area (Å²) in [7, 11) is 0. The van der Waals surface area contributed by atoms with Crippen molar-refractivity contribution in [2.75, 3.05) is 0 Å². The second-order valence-electron chi connectivity index (χ2n) is 7.36. The molecule has 0 unspecified atom stereocenters. The van der Waals surface area contributed by atoms with Crippen LogP contribution < -0.4 is 0 Å². The fourth-order valence-corrected chi connectivity index (χ4v) is 3.71. The van der Waals surface area contributed by atoms with Crippen molar-refractivity contribution in [3.05, 3.63) is 71.9 Å². The maximum Gasteiger partial charge on any atom is 0.123 e. The second-order valence-corrected chi connectivity index (χ2v) is 7.36. The molecule has 26 heavy (non-hydrogen) atoms. The Hall–Kier alpha value is -3.08. The van der Waals surface area contributed by atoms with E-state index in [1.807, 2.05) is 35.1 Å². The molecule has 4 nitrogen and oxygen atoms in total. The van der Waals surface area contributed by atoms with Crippen LogP contribution >= 0.6 is 0 Å². The van der Waals surface area contributed by atoms with E-state index in [1.165, 1.54) is 12.1 Å². The van der Waals surface area contributed by atoms with E-state index in [0.717, 1.165) is 45.8 Å². The third-order valence-electron chi connectivity index (χ3n) is 5.02. The quantitative estimate of drug-likeness (QED) is 0.512. The van der Waals surface area contributed by atoms with Crippen LogP contribution in [0.4, 0.5) is 4.39 Å². The summed E-state index contributed by atoms with van der Waals surface area (Å²) < 4.78 is 15.2. The first-order chi connectivity index (χ1) is 12.5. The van der Waals surface area contributed by atoms with Gasteiger partial charge in [0.05, 0.1) is 40.0 Å². The summed E-state index contributed by atoms with van der Waals surface area (Å²) in [6.07, 6.45) is 2.63. The molecule has 0 atom stereocenters. The van der Waals surface area contributed by atoms with E-state index in [2.05, 4.69) is 18.9 Å². The van der Waals surface area contributed by atoms with Crippen molar-refractivity contribution in [2.45, 2.75) is 25.7 Å². The lowest BCUT2D eigenvalue weighted by atomic mass is 9.77. The molecule has 5 heteroatoms. The first kappa shape index (κ1) is 15.2. The number of benzene rings is 2. The molecule has 2 aromatic carbocycles. The Morgan fingerprint density at radius 2 is 1.65 bits per heavy atom. The average Bonchev–Trinajstić information content (AvgIpc) is 3.04. The molecule has 1 aliphatic carbocycles. The van der Waals surface area contributed by atoms with E-state index in [-0.39, 0.29) is 11.2 Å². The fourth-order valence-electron chi connectivity index (χ4n) is 3.71. The normalized spacial score (nSPS) is 14.9. The van der Waals surface area contributed by atoms with Crippen molar-refractivity contribution < 1.29 is 4.39 Å². The minimum Gasteiger partial charge on any atom is -0.248 e.